The molecular weight excluding hydrogens is 489 g/mol. The highest BCUT2D eigenvalue weighted by Crippen LogP contribution is 2.37. The summed E-state index contributed by atoms with van der Waals surface area (Å²) in [5.74, 6) is -0.209. The van der Waals surface area contributed by atoms with Crippen LogP contribution in [0.1, 0.15) is 21.6 Å². The number of piperazine rings is 2. The van der Waals surface area contributed by atoms with E-state index >= 15 is 0 Å². The minimum absolute atomic E-state index is 0.0748. The fraction of sp³-hybridized carbons (Fsp3) is 0.414. The summed E-state index contributed by atoms with van der Waals surface area (Å²) in [5.41, 5.74) is 5.46. The fourth-order valence-corrected chi connectivity index (χ4v) is 5.54. The highest BCUT2D eigenvalue weighted by molar-refractivity contribution is 6.30. The smallest absolute Gasteiger partial charge is 0.256 e. The van der Waals surface area contributed by atoms with Crippen molar-refractivity contribution in [3.63, 3.8) is 0 Å². The van der Waals surface area contributed by atoms with Crippen molar-refractivity contribution >= 4 is 17.5 Å². The van der Waals surface area contributed by atoms with Gasteiger partial charge in [0.05, 0.1) is 11.3 Å². The Labute approximate surface area is 223 Å². The molecule has 1 amide bonds. The van der Waals surface area contributed by atoms with Crippen molar-refractivity contribution in [2.45, 2.75) is 13.5 Å². The Kier molecular flexibility index (Phi) is 7.67. The SMILES string of the molecule is Cc1c(C(=O)N2CCN(C)CC2)c(CN2CCN(C)CC2)c(-c2ccc(Cl)cc2)n1-c1ccc(F)cc1. The Morgan fingerprint density at radius 3 is 2.00 bits per heavy atom. The lowest BCUT2D eigenvalue weighted by molar-refractivity contribution is 0.0660. The third-order valence-corrected chi connectivity index (χ3v) is 7.94. The maximum Gasteiger partial charge on any atom is 0.256 e. The van der Waals surface area contributed by atoms with Crippen LogP contribution in [0.4, 0.5) is 4.39 Å². The van der Waals surface area contributed by atoms with Crippen molar-refractivity contribution < 1.29 is 9.18 Å². The molecule has 0 atom stereocenters. The van der Waals surface area contributed by atoms with E-state index in [9.17, 15) is 9.18 Å². The molecule has 1 aromatic heterocycles. The predicted octanol–water partition coefficient (Wildman–Crippen LogP) is 4.38. The van der Waals surface area contributed by atoms with Crippen LogP contribution in [-0.4, -0.2) is 96.5 Å². The molecule has 3 heterocycles. The van der Waals surface area contributed by atoms with E-state index in [0.717, 1.165) is 73.0 Å². The minimum Gasteiger partial charge on any atom is -0.336 e. The summed E-state index contributed by atoms with van der Waals surface area (Å²) < 4.78 is 16.0. The van der Waals surface area contributed by atoms with E-state index in [1.807, 2.05) is 36.1 Å². The number of rotatable bonds is 5. The Hall–Kier alpha value is -2.71. The van der Waals surface area contributed by atoms with E-state index in [1.165, 1.54) is 12.1 Å². The fourth-order valence-electron chi connectivity index (χ4n) is 5.41. The van der Waals surface area contributed by atoms with E-state index in [2.05, 4.69) is 33.4 Å². The molecule has 2 aliphatic heterocycles. The largest absolute Gasteiger partial charge is 0.336 e. The van der Waals surface area contributed by atoms with Crippen molar-refractivity contribution in [1.82, 2.24) is 24.2 Å². The maximum atomic E-state index is 14.2. The van der Waals surface area contributed by atoms with Gasteiger partial charge in [0.1, 0.15) is 5.82 Å². The molecular formula is C29H35ClFN5O. The molecule has 2 saturated heterocycles. The zero-order chi connectivity index (χ0) is 26.1. The number of hydrogen-bond acceptors (Lipinski definition) is 4. The third kappa shape index (κ3) is 5.46. The van der Waals surface area contributed by atoms with Crippen LogP contribution < -0.4 is 0 Å². The minimum atomic E-state index is -0.284. The zero-order valence-corrected chi connectivity index (χ0v) is 22.6. The van der Waals surface area contributed by atoms with Crippen molar-refractivity contribution in [1.29, 1.82) is 0 Å². The molecule has 2 fully saturated rings. The monoisotopic (exact) mass is 523 g/mol. The molecule has 0 radical (unpaired) electrons. The van der Waals surface area contributed by atoms with E-state index in [1.54, 1.807) is 12.1 Å². The predicted molar refractivity (Wildman–Crippen MR) is 147 cm³/mol. The number of nitrogens with zero attached hydrogens (tertiary/aromatic N) is 5. The molecule has 37 heavy (non-hydrogen) atoms. The van der Waals surface area contributed by atoms with Crippen LogP contribution in [0.5, 0.6) is 0 Å². The molecule has 5 rings (SSSR count). The van der Waals surface area contributed by atoms with Crippen LogP contribution in [0.2, 0.25) is 5.02 Å². The van der Waals surface area contributed by atoms with Crippen LogP contribution in [0.3, 0.4) is 0 Å². The Morgan fingerprint density at radius 2 is 1.41 bits per heavy atom. The van der Waals surface area contributed by atoms with Crippen LogP contribution >= 0.6 is 11.6 Å². The van der Waals surface area contributed by atoms with Gasteiger partial charge >= 0.3 is 0 Å². The van der Waals surface area contributed by atoms with Gasteiger partial charge in [0, 0.05) is 80.9 Å². The lowest BCUT2D eigenvalue weighted by Crippen LogP contribution is -2.47. The van der Waals surface area contributed by atoms with Crippen LogP contribution in [-0.2, 0) is 6.54 Å². The van der Waals surface area contributed by atoms with E-state index in [-0.39, 0.29) is 11.7 Å². The zero-order valence-electron chi connectivity index (χ0n) is 21.9. The first-order valence-electron chi connectivity index (χ1n) is 13.0. The van der Waals surface area contributed by atoms with Crippen LogP contribution in [0, 0.1) is 12.7 Å². The normalized spacial score (nSPS) is 17.9. The molecule has 8 heteroatoms. The highest BCUT2D eigenvalue weighted by Gasteiger charge is 2.32. The summed E-state index contributed by atoms with van der Waals surface area (Å²) in [4.78, 5) is 23.2. The molecule has 0 saturated carbocycles. The van der Waals surface area contributed by atoms with Gasteiger partial charge in [0.2, 0.25) is 0 Å². The van der Waals surface area contributed by atoms with Gasteiger partial charge in [-0.2, -0.15) is 0 Å². The summed E-state index contributed by atoms with van der Waals surface area (Å²) in [6, 6.07) is 14.3. The summed E-state index contributed by atoms with van der Waals surface area (Å²) in [6.07, 6.45) is 0. The van der Waals surface area contributed by atoms with E-state index in [0.29, 0.717) is 24.7 Å². The molecule has 196 valence electrons. The van der Waals surface area contributed by atoms with Crippen molar-refractivity contribution in [3.05, 3.63) is 76.2 Å². The van der Waals surface area contributed by atoms with E-state index in [4.69, 9.17) is 11.6 Å². The van der Waals surface area contributed by atoms with Crippen molar-refractivity contribution in [3.8, 4) is 16.9 Å². The summed E-state index contributed by atoms with van der Waals surface area (Å²) in [6.45, 7) is 9.71. The molecule has 6 nitrogen and oxygen atoms in total. The number of likely N-dealkylation sites (N-methyl/N-ethyl adjacent to an activating group) is 2. The van der Waals surface area contributed by atoms with Crippen LogP contribution in [0.25, 0.3) is 16.9 Å². The first-order chi connectivity index (χ1) is 17.8. The standard InChI is InChI=1S/C29H35ClFN5O/c1-21-27(29(37)35-18-14-33(3)15-19-35)26(20-34-16-12-32(2)13-17-34)28(22-4-6-23(30)7-5-22)36(21)25-10-8-24(31)9-11-25/h4-11H,12-20H2,1-3H3. The number of aromatic nitrogens is 1. The van der Waals surface area contributed by atoms with Gasteiger partial charge in [-0.05, 0) is 63.0 Å². The van der Waals surface area contributed by atoms with Gasteiger partial charge in [0.15, 0.2) is 0 Å². The third-order valence-electron chi connectivity index (χ3n) is 7.69. The Morgan fingerprint density at radius 1 is 0.838 bits per heavy atom. The second-order valence-electron chi connectivity index (χ2n) is 10.3. The highest BCUT2D eigenvalue weighted by atomic mass is 35.5. The maximum absolute atomic E-state index is 14.2. The quantitative estimate of drug-likeness (QED) is 0.497. The molecule has 0 bridgehead atoms. The number of carbonyl (C=O) groups is 1. The molecule has 2 aromatic carbocycles. The number of hydrogen-bond donors (Lipinski definition) is 0. The summed E-state index contributed by atoms with van der Waals surface area (Å²) in [5, 5.41) is 0.662. The number of benzene rings is 2. The van der Waals surface area contributed by atoms with Gasteiger partial charge in [-0.25, -0.2) is 4.39 Å². The average molecular weight is 524 g/mol. The van der Waals surface area contributed by atoms with Gasteiger partial charge in [0.25, 0.3) is 5.91 Å². The first-order valence-corrected chi connectivity index (χ1v) is 13.3. The van der Waals surface area contributed by atoms with Gasteiger partial charge in [-0.15, -0.1) is 0 Å². The summed E-state index contributed by atoms with van der Waals surface area (Å²) >= 11 is 6.26. The molecule has 3 aromatic rings. The number of halogens is 2. The van der Waals surface area contributed by atoms with Gasteiger partial charge in [-0.3, -0.25) is 9.69 Å². The summed E-state index contributed by atoms with van der Waals surface area (Å²) in [7, 11) is 4.24. The molecule has 0 unspecified atom stereocenters. The molecule has 0 spiro atoms. The van der Waals surface area contributed by atoms with Crippen LogP contribution in [0.15, 0.2) is 48.5 Å². The topological polar surface area (TPSA) is 35.0 Å². The first kappa shape index (κ1) is 25.9. The van der Waals surface area contributed by atoms with Gasteiger partial charge in [-0.1, -0.05) is 23.7 Å². The Bertz CT molecular complexity index is 1240. The number of amides is 1. The van der Waals surface area contributed by atoms with Gasteiger partial charge < -0.3 is 19.3 Å². The second kappa shape index (κ2) is 11.0. The Balaban J connectivity index is 1.69. The van der Waals surface area contributed by atoms with E-state index < -0.39 is 0 Å². The van der Waals surface area contributed by atoms with Crippen molar-refractivity contribution in [2.75, 3.05) is 66.5 Å². The lowest BCUT2D eigenvalue weighted by Gasteiger charge is -2.34. The lowest BCUT2D eigenvalue weighted by atomic mass is 10.0. The molecule has 0 aliphatic carbocycles. The van der Waals surface area contributed by atoms with Crippen molar-refractivity contribution in [2.24, 2.45) is 0 Å². The second-order valence-corrected chi connectivity index (χ2v) is 10.7. The number of carbonyl (C=O) groups excluding carboxylic acids is 1. The molecule has 0 N–H and O–H groups in total. The average Bonchev–Trinajstić information content (AvgIpc) is 3.17. The molecule has 2 aliphatic rings.